The van der Waals surface area contributed by atoms with Crippen LogP contribution in [0.25, 0.3) is 0 Å². The number of carbonyl (C=O) groups is 2. The quantitative estimate of drug-likeness (QED) is 0.892. The number of amides is 2. The molecule has 0 bridgehead atoms. The van der Waals surface area contributed by atoms with Crippen LogP contribution in [0.4, 0.5) is 0 Å². The van der Waals surface area contributed by atoms with Crippen molar-refractivity contribution in [2.24, 2.45) is 0 Å². The van der Waals surface area contributed by atoms with E-state index >= 15 is 0 Å². The minimum absolute atomic E-state index is 0.0342. The molecule has 7 nitrogen and oxygen atoms in total. The number of H-pyrrole nitrogens is 1. The minimum atomic E-state index is -0.145. The first-order valence-electron chi connectivity index (χ1n) is 6.72. The molecule has 0 aliphatic carbocycles. The Morgan fingerprint density at radius 3 is 2.52 bits per heavy atom. The van der Waals surface area contributed by atoms with Crippen LogP contribution >= 0.6 is 11.3 Å². The molecular weight excluding hydrogens is 290 g/mol. The first-order valence-corrected chi connectivity index (χ1v) is 7.66. The minimum Gasteiger partial charge on any atom is -0.337 e. The molecule has 2 aromatic heterocycles. The Hall–Kier alpha value is -2.22. The van der Waals surface area contributed by atoms with Gasteiger partial charge in [0.25, 0.3) is 11.8 Å². The lowest BCUT2D eigenvalue weighted by Crippen LogP contribution is -2.37. The Balaban J connectivity index is 1.64. The number of carbonyl (C=O) groups excluding carboxylic acids is 2. The summed E-state index contributed by atoms with van der Waals surface area (Å²) < 4.78 is 0. The van der Waals surface area contributed by atoms with Crippen molar-refractivity contribution in [2.75, 3.05) is 26.2 Å². The van der Waals surface area contributed by atoms with Crippen molar-refractivity contribution in [3.63, 3.8) is 0 Å². The molecule has 3 rings (SSSR count). The number of hydrogen-bond donors (Lipinski definition) is 1. The van der Waals surface area contributed by atoms with Gasteiger partial charge in [0.05, 0.1) is 11.8 Å². The number of rotatable bonds is 2. The van der Waals surface area contributed by atoms with E-state index in [-0.39, 0.29) is 11.8 Å². The van der Waals surface area contributed by atoms with Crippen molar-refractivity contribution < 1.29 is 9.59 Å². The molecule has 0 spiro atoms. The maximum Gasteiger partial charge on any atom is 0.276 e. The maximum absolute atomic E-state index is 12.3. The smallest absolute Gasteiger partial charge is 0.276 e. The van der Waals surface area contributed by atoms with Crippen molar-refractivity contribution in [1.29, 1.82) is 0 Å². The maximum atomic E-state index is 12.3. The second-order valence-corrected chi connectivity index (χ2v) is 5.59. The molecule has 0 aromatic carbocycles. The highest BCUT2D eigenvalue weighted by molar-refractivity contribution is 7.08. The van der Waals surface area contributed by atoms with Crippen LogP contribution in [-0.4, -0.2) is 63.2 Å². The average Bonchev–Trinajstić information content (AvgIpc) is 3.15. The van der Waals surface area contributed by atoms with Crippen LogP contribution in [0.2, 0.25) is 0 Å². The molecule has 1 aliphatic rings. The van der Waals surface area contributed by atoms with E-state index in [4.69, 9.17) is 0 Å². The summed E-state index contributed by atoms with van der Waals surface area (Å²) in [5.41, 5.74) is 1.03. The average molecular weight is 305 g/mol. The van der Waals surface area contributed by atoms with Gasteiger partial charge >= 0.3 is 0 Å². The van der Waals surface area contributed by atoms with Gasteiger partial charge in [0.1, 0.15) is 0 Å². The monoisotopic (exact) mass is 305 g/mol. The third-order valence-corrected chi connectivity index (χ3v) is 4.16. The molecule has 8 heteroatoms. The lowest BCUT2D eigenvalue weighted by Gasteiger charge is -2.21. The van der Waals surface area contributed by atoms with E-state index in [0.29, 0.717) is 31.9 Å². The largest absolute Gasteiger partial charge is 0.337 e. The molecule has 1 N–H and O–H groups in total. The molecule has 2 amide bonds. The van der Waals surface area contributed by atoms with Crippen LogP contribution in [-0.2, 0) is 0 Å². The van der Waals surface area contributed by atoms with Crippen LogP contribution in [0.1, 0.15) is 27.3 Å². The van der Waals surface area contributed by atoms with Gasteiger partial charge in [-0.05, 0) is 17.9 Å². The van der Waals surface area contributed by atoms with E-state index in [1.165, 1.54) is 17.5 Å². The van der Waals surface area contributed by atoms with Gasteiger partial charge in [-0.3, -0.25) is 9.59 Å². The van der Waals surface area contributed by atoms with Gasteiger partial charge in [0.15, 0.2) is 5.69 Å². The third kappa shape index (κ3) is 2.94. The fraction of sp³-hybridized carbons (Fsp3) is 0.385. The van der Waals surface area contributed by atoms with Crippen LogP contribution in [0.5, 0.6) is 0 Å². The van der Waals surface area contributed by atoms with Gasteiger partial charge in [0.2, 0.25) is 0 Å². The second-order valence-electron chi connectivity index (χ2n) is 4.81. The molecule has 0 saturated carbocycles. The number of aromatic nitrogens is 3. The Bertz CT molecular complexity index is 556. The highest BCUT2D eigenvalue weighted by atomic mass is 32.1. The van der Waals surface area contributed by atoms with Crippen molar-refractivity contribution >= 4 is 23.2 Å². The normalized spacial score (nSPS) is 15.8. The number of aromatic amines is 1. The zero-order valence-electron chi connectivity index (χ0n) is 11.4. The van der Waals surface area contributed by atoms with E-state index in [0.717, 1.165) is 12.0 Å². The summed E-state index contributed by atoms with van der Waals surface area (Å²) in [6.45, 7) is 2.34. The second kappa shape index (κ2) is 6.04. The highest BCUT2D eigenvalue weighted by Crippen LogP contribution is 2.13. The fourth-order valence-electron chi connectivity index (χ4n) is 2.36. The van der Waals surface area contributed by atoms with Crippen LogP contribution in [0, 0.1) is 0 Å². The molecule has 0 unspecified atom stereocenters. The van der Waals surface area contributed by atoms with Crippen LogP contribution < -0.4 is 0 Å². The van der Waals surface area contributed by atoms with E-state index in [2.05, 4.69) is 15.4 Å². The molecule has 1 aliphatic heterocycles. The number of thiophene rings is 1. The summed E-state index contributed by atoms with van der Waals surface area (Å²) >= 11 is 1.51. The van der Waals surface area contributed by atoms with Gasteiger partial charge in [-0.25, -0.2) is 0 Å². The van der Waals surface area contributed by atoms with E-state index < -0.39 is 0 Å². The highest BCUT2D eigenvalue weighted by Gasteiger charge is 2.24. The summed E-state index contributed by atoms with van der Waals surface area (Å²) in [5, 5.41) is 13.6. The topological polar surface area (TPSA) is 82.2 Å². The molecule has 1 fully saturated rings. The molecular formula is C13H15N5O2S. The van der Waals surface area contributed by atoms with E-state index in [1.54, 1.807) is 9.80 Å². The summed E-state index contributed by atoms with van der Waals surface area (Å²) in [6, 6.07) is 1.83. The van der Waals surface area contributed by atoms with E-state index in [1.807, 2.05) is 16.8 Å². The predicted octanol–water partition coefficient (Wildman–Crippen LogP) is 0.854. The molecule has 0 radical (unpaired) electrons. The molecule has 2 aromatic rings. The first-order chi connectivity index (χ1) is 10.3. The third-order valence-electron chi connectivity index (χ3n) is 3.47. The van der Waals surface area contributed by atoms with Gasteiger partial charge in [-0.2, -0.15) is 26.7 Å². The zero-order valence-corrected chi connectivity index (χ0v) is 12.2. The molecule has 1 saturated heterocycles. The molecule has 0 atom stereocenters. The SMILES string of the molecule is O=C(c1ccsc1)N1CCCN(C(=O)c2cn[nH]n2)CC1. The number of nitrogens with zero attached hydrogens (tertiary/aromatic N) is 4. The van der Waals surface area contributed by atoms with Crippen LogP contribution in [0.3, 0.4) is 0 Å². The van der Waals surface area contributed by atoms with Gasteiger partial charge in [-0.1, -0.05) is 0 Å². The summed E-state index contributed by atoms with van der Waals surface area (Å²) in [4.78, 5) is 28.1. The summed E-state index contributed by atoms with van der Waals surface area (Å²) in [5.74, 6) is -0.111. The summed E-state index contributed by atoms with van der Waals surface area (Å²) in [7, 11) is 0. The van der Waals surface area contributed by atoms with Crippen molar-refractivity contribution in [2.45, 2.75) is 6.42 Å². The van der Waals surface area contributed by atoms with Gasteiger partial charge in [-0.15, -0.1) is 0 Å². The molecule has 110 valence electrons. The Labute approximate surface area is 125 Å². The Morgan fingerprint density at radius 2 is 1.90 bits per heavy atom. The molecule has 3 heterocycles. The number of hydrogen-bond acceptors (Lipinski definition) is 5. The Morgan fingerprint density at radius 1 is 1.14 bits per heavy atom. The van der Waals surface area contributed by atoms with Gasteiger partial charge < -0.3 is 9.80 Å². The zero-order chi connectivity index (χ0) is 14.7. The van der Waals surface area contributed by atoms with Crippen LogP contribution in [0.15, 0.2) is 23.0 Å². The van der Waals surface area contributed by atoms with E-state index in [9.17, 15) is 9.59 Å². The van der Waals surface area contributed by atoms with Gasteiger partial charge in [0, 0.05) is 31.6 Å². The van der Waals surface area contributed by atoms with Crippen molar-refractivity contribution in [3.8, 4) is 0 Å². The molecule has 21 heavy (non-hydrogen) atoms. The van der Waals surface area contributed by atoms with Crippen molar-refractivity contribution in [1.82, 2.24) is 25.2 Å². The van der Waals surface area contributed by atoms with Crippen molar-refractivity contribution in [3.05, 3.63) is 34.3 Å². The first kappa shape index (κ1) is 13.7. The Kier molecular flexibility index (Phi) is 3.96. The number of nitrogens with one attached hydrogen (secondary N) is 1. The lowest BCUT2D eigenvalue weighted by molar-refractivity contribution is 0.0716. The standard InChI is InChI=1S/C13H15N5O2S/c19-12(10-2-7-21-9-10)17-3-1-4-18(6-5-17)13(20)11-8-14-16-15-11/h2,7-9H,1,3-6H2,(H,14,15,16). The summed E-state index contributed by atoms with van der Waals surface area (Å²) in [6.07, 6.45) is 2.18. The predicted molar refractivity (Wildman–Crippen MR) is 77.1 cm³/mol. The lowest BCUT2D eigenvalue weighted by atomic mass is 10.3. The fourth-order valence-corrected chi connectivity index (χ4v) is 2.99.